The minimum absolute atomic E-state index is 0.273. The van der Waals surface area contributed by atoms with Gasteiger partial charge in [-0.3, -0.25) is 5.43 Å². The maximum atomic E-state index is 9.26. The molecule has 5 N–H and O–H groups in total. The van der Waals surface area contributed by atoms with E-state index in [0.29, 0.717) is 22.3 Å². The fourth-order valence-corrected chi connectivity index (χ4v) is 2.08. The number of nitrogens with two attached hydrogens (primary N) is 1. The lowest BCUT2D eigenvalue weighted by molar-refractivity contribution is 0.403. The third-order valence-corrected chi connectivity index (χ3v) is 3.19. The predicted molar refractivity (Wildman–Crippen MR) is 80.6 cm³/mol. The monoisotopic (exact) mass is 292 g/mol. The number of aromatic nitrogens is 1. The van der Waals surface area contributed by atoms with Crippen LogP contribution in [0.25, 0.3) is 0 Å². The molecule has 0 saturated heterocycles. The predicted octanol–water partition coefficient (Wildman–Crippen LogP) is -0.140. The Hall–Kier alpha value is -2.10. The minimum Gasteiger partial charge on any atom is -0.497 e. The van der Waals surface area contributed by atoms with Crippen LogP contribution in [0.4, 0.5) is 10.9 Å². The fraction of sp³-hybridized carbons (Fsp3) is 0.0909. The third kappa shape index (κ3) is 3.47. The molecule has 0 bridgehead atoms. The normalized spacial score (nSPS) is 10.8. The summed E-state index contributed by atoms with van der Waals surface area (Å²) in [6, 6.07) is 4.95. The summed E-state index contributed by atoms with van der Waals surface area (Å²) in [5.74, 6) is 0.834. The molecule has 2 aromatic rings. The van der Waals surface area contributed by atoms with Gasteiger partial charge in [0, 0.05) is 10.8 Å². The van der Waals surface area contributed by atoms with Crippen LogP contribution in [0.3, 0.4) is 0 Å². The SMILES string of the molecule is COc1ccc(C=NNc2nc(N)cs2)cc1B(O)O. The van der Waals surface area contributed by atoms with Crippen molar-refractivity contribution in [2.75, 3.05) is 18.3 Å². The first-order chi connectivity index (χ1) is 9.60. The van der Waals surface area contributed by atoms with Crippen LogP contribution < -0.4 is 21.4 Å². The Labute approximate surface area is 119 Å². The number of nitrogens with zero attached hydrogens (tertiary/aromatic N) is 2. The molecule has 0 aliphatic rings. The summed E-state index contributed by atoms with van der Waals surface area (Å²) < 4.78 is 5.04. The van der Waals surface area contributed by atoms with Crippen LogP contribution in [0, 0.1) is 0 Å². The van der Waals surface area contributed by atoms with Crippen molar-refractivity contribution in [1.29, 1.82) is 0 Å². The van der Waals surface area contributed by atoms with Gasteiger partial charge in [-0.1, -0.05) is 0 Å². The zero-order chi connectivity index (χ0) is 14.5. The minimum atomic E-state index is -1.61. The molecule has 2 rings (SSSR count). The molecule has 104 valence electrons. The summed E-state index contributed by atoms with van der Waals surface area (Å²) in [5, 5.41) is 24.8. The topological polar surface area (TPSA) is 113 Å². The van der Waals surface area contributed by atoms with E-state index < -0.39 is 7.12 Å². The molecule has 0 spiro atoms. The summed E-state index contributed by atoms with van der Waals surface area (Å²) >= 11 is 1.34. The molecule has 0 aliphatic carbocycles. The largest absolute Gasteiger partial charge is 0.497 e. The maximum absolute atomic E-state index is 9.26. The molecule has 0 aliphatic heterocycles. The average Bonchev–Trinajstić information content (AvgIpc) is 2.84. The summed E-state index contributed by atoms with van der Waals surface area (Å²) in [7, 11) is -0.145. The molecule has 9 heteroatoms. The molecule has 0 amide bonds. The first-order valence-electron chi connectivity index (χ1n) is 5.64. The van der Waals surface area contributed by atoms with Gasteiger partial charge in [-0.05, 0) is 23.8 Å². The number of rotatable bonds is 5. The number of hydrogen-bond acceptors (Lipinski definition) is 8. The summed E-state index contributed by atoms with van der Waals surface area (Å²) in [6.07, 6.45) is 1.53. The van der Waals surface area contributed by atoms with Crippen LogP contribution in [0.5, 0.6) is 5.75 Å². The van der Waals surface area contributed by atoms with E-state index in [-0.39, 0.29) is 5.46 Å². The zero-order valence-corrected chi connectivity index (χ0v) is 11.5. The Morgan fingerprint density at radius 2 is 2.30 bits per heavy atom. The number of thiazole rings is 1. The van der Waals surface area contributed by atoms with Crippen molar-refractivity contribution in [3.63, 3.8) is 0 Å². The first-order valence-corrected chi connectivity index (χ1v) is 6.52. The van der Waals surface area contributed by atoms with Gasteiger partial charge in [0.15, 0.2) is 0 Å². The first kappa shape index (κ1) is 14.3. The van der Waals surface area contributed by atoms with E-state index in [4.69, 9.17) is 10.5 Å². The van der Waals surface area contributed by atoms with Gasteiger partial charge in [-0.15, -0.1) is 11.3 Å². The van der Waals surface area contributed by atoms with Crippen LogP contribution >= 0.6 is 11.3 Å². The second-order valence-electron chi connectivity index (χ2n) is 3.82. The van der Waals surface area contributed by atoms with Gasteiger partial charge < -0.3 is 20.5 Å². The van der Waals surface area contributed by atoms with Gasteiger partial charge in [0.25, 0.3) is 0 Å². The van der Waals surface area contributed by atoms with Crippen LogP contribution in [0.1, 0.15) is 5.56 Å². The fourth-order valence-electron chi connectivity index (χ4n) is 1.53. The van der Waals surface area contributed by atoms with E-state index in [2.05, 4.69) is 15.5 Å². The van der Waals surface area contributed by atoms with Crippen LogP contribution in [0.2, 0.25) is 0 Å². The Kier molecular flexibility index (Phi) is 4.56. The molecular weight excluding hydrogens is 279 g/mol. The molecular formula is C11H13BN4O3S. The van der Waals surface area contributed by atoms with Gasteiger partial charge in [-0.25, -0.2) is 4.98 Å². The highest BCUT2D eigenvalue weighted by Gasteiger charge is 2.16. The number of ether oxygens (including phenoxy) is 1. The van der Waals surface area contributed by atoms with Gasteiger partial charge in [0.05, 0.1) is 13.3 Å². The van der Waals surface area contributed by atoms with Crippen molar-refractivity contribution < 1.29 is 14.8 Å². The Bertz CT molecular complexity index is 617. The molecule has 1 aromatic heterocycles. The maximum Gasteiger partial charge on any atom is 0.492 e. The van der Waals surface area contributed by atoms with E-state index in [1.165, 1.54) is 24.7 Å². The highest BCUT2D eigenvalue weighted by molar-refractivity contribution is 7.14. The van der Waals surface area contributed by atoms with Gasteiger partial charge in [0.1, 0.15) is 11.6 Å². The number of hydrazone groups is 1. The highest BCUT2D eigenvalue weighted by Crippen LogP contribution is 2.16. The van der Waals surface area contributed by atoms with Crippen molar-refractivity contribution in [3.8, 4) is 5.75 Å². The Morgan fingerprint density at radius 1 is 1.50 bits per heavy atom. The second kappa shape index (κ2) is 6.37. The third-order valence-electron chi connectivity index (χ3n) is 2.43. The van der Waals surface area contributed by atoms with Crippen LogP contribution in [-0.4, -0.2) is 35.5 Å². The lowest BCUT2D eigenvalue weighted by Gasteiger charge is -2.08. The molecule has 1 aromatic carbocycles. The van der Waals surface area contributed by atoms with Crippen molar-refractivity contribution in [2.24, 2.45) is 5.10 Å². The molecule has 0 radical (unpaired) electrons. The standard InChI is InChI=1S/C11H13BN4O3S/c1-19-9-3-2-7(4-8(9)12(17)18)5-14-16-11-15-10(13)6-20-11/h2-6,17-18H,13H2,1H3,(H,15,16). The van der Waals surface area contributed by atoms with Crippen molar-refractivity contribution >= 4 is 41.1 Å². The second-order valence-corrected chi connectivity index (χ2v) is 4.68. The number of methoxy groups -OCH3 is 1. The van der Waals surface area contributed by atoms with Crippen LogP contribution in [-0.2, 0) is 0 Å². The Morgan fingerprint density at radius 3 is 2.90 bits per heavy atom. The number of anilines is 2. The number of benzene rings is 1. The molecule has 0 unspecified atom stereocenters. The van der Waals surface area contributed by atoms with Crippen molar-refractivity contribution in [3.05, 3.63) is 29.1 Å². The number of hydrogen-bond donors (Lipinski definition) is 4. The van der Waals surface area contributed by atoms with Gasteiger partial charge >= 0.3 is 7.12 Å². The molecule has 0 saturated carbocycles. The smallest absolute Gasteiger partial charge is 0.492 e. The van der Waals surface area contributed by atoms with E-state index in [0.717, 1.165) is 0 Å². The van der Waals surface area contributed by atoms with Crippen LogP contribution in [0.15, 0.2) is 28.7 Å². The Balaban J connectivity index is 2.11. The van der Waals surface area contributed by atoms with Gasteiger partial charge in [0.2, 0.25) is 5.13 Å². The zero-order valence-electron chi connectivity index (χ0n) is 10.6. The summed E-state index contributed by atoms with van der Waals surface area (Å²) in [4.78, 5) is 3.99. The summed E-state index contributed by atoms with van der Waals surface area (Å²) in [6.45, 7) is 0. The summed E-state index contributed by atoms with van der Waals surface area (Å²) in [5.41, 5.74) is 9.18. The van der Waals surface area contributed by atoms with Crippen molar-refractivity contribution in [2.45, 2.75) is 0 Å². The van der Waals surface area contributed by atoms with Crippen molar-refractivity contribution in [1.82, 2.24) is 4.98 Å². The molecule has 7 nitrogen and oxygen atoms in total. The molecule has 1 heterocycles. The van der Waals surface area contributed by atoms with E-state index >= 15 is 0 Å². The lowest BCUT2D eigenvalue weighted by Crippen LogP contribution is -2.31. The van der Waals surface area contributed by atoms with E-state index in [1.54, 1.807) is 23.6 Å². The number of nitrogen functional groups attached to an aromatic ring is 1. The van der Waals surface area contributed by atoms with E-state index in [9.17, 15) is 10.0 Å². The lowest BCUT2D eigenvalue weighted by atomic mass is 9.79. The molecule has 20 heavy (non-hydrogen) atoms. The highest BCUT2D eigenvalue weighted by atomic mass is 32.1. The quantitative estimate of drug-likeness (QED) is 0.346. The molecule has 0 atom stereocenters. The molecule has 0 fully saturated rings. The number of nitrogens with one attached hydrogen (secondary N) is 1. The van der Waals surface area contributed by atoms with E-state index in [1.807, 2.05) is 0 Å². The van der Waals surface area contributed by atoms with Gasteiger partial charge in [-0.2, -0.15) is 5.10 Å². The average molecular weight is 292 g/mol.